The summed E-state index contributed by atoms with van der Waals surface area (Å²) in [5.74, 6) is -3.37. The van der Waals surface area contributed by atoms with E-state index in [4.69, 9.17) is 0 Å². The van der Waals surface area contributed by atoms with Crippen LogP contribution in [-0.2, 0) is 20.9 Å². The smallest absolute Gasteiger partial charge is 0.386 e. The normalized spacial score (nSPS) is 11.2. The third kappa shape index (κ3) is 4.28. The molecule has 0 spiro atoms. The Balaban J connectivity index is 1.89. The lowest BCUT2D eigenvalue weighted by Gasteiger charge is -2.03. The van der Waals surface area contributed by atoms with E-state index in [9.17, 15) is 22.8 Å². The molecule has 0 aliphatic heterocycles. The molecule has 11 heteroatoms. The maximum Gasteiger partial charge on any atom is 0.491 e. The van der Waals surface area contributed by atoms with Crippen molar-refractivity contribution in [2.45, 2.75) is 19.1 Å². The first-order valence-corrected chi connectivity index (χ1v) is 6.59. The van der Waals surface area contributed by atoms with Crippen LogP contribution in [-0.4, -0.2) is 32.6 Å². The minimum absolute atomic E-state index is 0.0344. The maximum absolute atomic E-state index is 11.9. The standard InChI is InChI=1S/C11H8F3N4O3S/c12-11(13,14)10(20)21-8(19)2-5-18-6-7(22-17-18)9-15-3-1-4-16-9/h1,3-4,6H,2,5H2/q+1. The first-order valence-electron chi connectivity index (χ1n) is 5.82. The molecule has 0 aliphatic carbocycles. The van der Waals surface area contributed by atoms with Crippen LogP contribution in [0.15, 0.2) is 24.7 Å². The second-order valence-corrected chi connectivity index (χ2v) is 4.70. The van der Waals surface area contributed by atoms with Crippen molar-refractivity contribution in [2.24, 2.45) is 0 Å². The number of alkyl halides is 3. The molecule has 2 rings (SSSR count). The van der Waals surface area contributed by atoms with E-state index in [2.05, 4.69) is 19.2 Å². The fourth-order valence-electron chi connectivity index (χ4n) is 1.33. The highest BCUT2D eigenvalue weighted by molar-refractivity contribution is 7.08. The number of hydrogen-bond acceptors (Lipinski definition) is 7. The lowest BCUT2D eigenvalue weighted by molar-refractivity contribution is -0.745. The van der Waals surface area contributed by atoms with E-state index in [1.165, 1.54) is 4.68 Å². The SMILES string of the molecule is O=C(CC[n+]1cc(-c2ncccn2)sn1)OC(=O)C(F)(F)F. The van der Waals surface area contributed by atoms with Gasteiger partial charge in [-0.3, -0.25) is 4.79 Å². The Kier molecular flexibility index (Phi) is 4.75. The van der Waals surface area contributed by atoms with E-state index in [1.54, 1.807) is 24.7 Å². The quantitative estimate of drug-likeness (QED) is 0.470. The molecule has 116 valence electrons. The number of esters is 2. The van der Waals surface area contributed by atoms with Gasteiger partial charge in [0.15, 0.2) is 17.2 Å². The number of aryl methyl sites for hydroxylation is 1. The fraction of sp³-hybridized carbons (Fsp3) is 0.273. The van der Waals surface area contributed by atoms with Gasteiger partial charge < -0.3 is 4.74 Å². The molecule has 0 unspecified atom stereocenters. The molecule has 0 fully saturated rings. The van der Waals surface area contributed by atoms with E-state index in [0.717, 1.165) is 11.5 Å². The van der Waals surface area contributed by atoms with Gasteiger partial charge in [0, 0.05) is 23.9 Å². The zero-order valence-electron chi connectivity index (χ0n) is 10.8. The Labute approximate surface area is 125 Å². The van der Waals surface area contributed by atoms with Crippen molar-refractivity contribution in [1.82, 2.24) is 14.5 Å². The van der Waals surface area contributed by atoms with Gasteiger partial charge in [0.05, 0.1) is 4.49 Å². The Hall–Kier alpha value is -2.43. The van der Waals surface area contributed by atoms with E-state index < -0.39 is 24.5 Å². The van der Waals surface area contributed by atoms with Crippen LogP contribution in [0.25, 0.3) is 10.7 Å². The van der Waals surface area contributed by atoms with Gasteiger partial charge in [-0.25, -0.2) is 14.8 Å². The van der Waals surface area contributed by atoms with Gasteiger partial charge in [0.2, 0.25) is 6.20 Å². The van der Waals surface area contributed by atoms with Gasteiger partial charge in [-0.15, -0.1) is 0 Å². The summed E-state index contributed by atoms with van der Waals surface area (Å²) >= 11 is 1.06. The Bertz CT molecular complexity index is 675. The fourth-order valence-corrected chi connectivity index (χ4v) is 2.00. The van der Waals surface area contributed by atoms with E-state index >= 15 is 0 Å². The van der Waals surface area contributed by atoms with Crippen LogP contribution in [0.1, 0.15) is 6.42 Å². The molecule has 0 bridgehead atoms. The van der Waals surface area contributed by atoms with Crippen molar-refractivity contribution < 1.29 is 32.2 Å². The summed E-state index contributed by atoms with van der Waals surface area (Å²) in [6, 6.07) is 1.65. The topological polar surface area (TPSA) is 85.9 Å². The number of ether oxygens (including phenoxy) is 1. The third-order valence-corrected chi connectivity index (χ3v) is 3.06. The minimum atomic E-state index is -5.19. The Morgan fingerprint density at radius 1 is 1.27 bits per heavy atom. The third-order valence-electron chi connectivity index (χ3n) is 2.28. The number of nitrogens with zero attached hydrogens (tertiary/aromatic N) is 4. The molecule has 0 saturated carbocycles. The van der Waals surface area contributed by atoms with E-state index in [1.807, 2.05) is 0 Å². The van der Waals surface area contributed by atoms with Crippen molar-refractivity contribution in [1.29, 1.82) is 0 Å². The second-order valence-electron chi connectivity index (χ2n) is 3.91. The van der Waals surface area contributed by atoms with Gasteiger partial charge in [-0.2, -0.15) is 13.2 Å². The molecule has 0 N–H and O–H groups in total. The summed E-state index contributed by atoms with van der Waals surface area (Å²) in [7, 11) is 0. The van der Waals surface area contributed by atoms with Crippen molar-refractivity contribution in [3.05, 3.63) is 24.7 Å². The van der Waals surface area contributed by atoms with Crippen molar-refractivity contribution in [3.63, 3.8) is 0 Å². The van der Waals surface area contributed by atoms with Gasteiger partial charge in [-0.05, 0) is 6.07 Å². The Morgan fingerprint density at radius 2 is 1.95 bits per heavy atom. The number of carbonyl (C=O) groups is 2. The van der Waals surface area contributed by atoms with E-state index in [-0.39, 0.29) is 6.54 Å². The maximum atomic E-state index is 11.9. The van der Waals surface area contributed by atoms with Gasteiger partial charge in [-0.1, -0.05) is 4.68 Å². The zero-order valence-corrected chi connectivity index (χ0v) is 11.6. The number of rotatable bonds is 4. The van der Waals surface area contributed by atoms with Gasteiger partial charge in [0.25, 0.3) is 0 Å². The van der Waals surface area contributed by atoms with Crippen molar-refractivity contribution in [3.8, 4) is 10.7 Å². The molecule has 2 heterocycles. The molecule has 2 aromatic heterocycles. The lowest BCUT2D eigenvalue weighted by Crippen LogP contribution is -2.36. The number of halogens is 3. The molecule has 0 aromatic carbocycles. The molecule has 0 atom stereocenters. The molecule has 0 radical (unpaired) electrons. The molecular weight excluding hydrogens is 325 g/mol. The first kappa shape index (κ1) is 15.9. The minimum Gasteiger partial charge on any atom is -0.386 e. The largest absolute Gasteiger partial charge is 0.491 e. The number of aromatic nitrogens is 4. The van der Waals surface area contributed by atoms with Crippen molar-refractivity contribution in [2.75, 3.05) is 0 Å². The molecule has 2 aromatic rings. The average molecular weight is 333 g/mol. The summed E-state index contributed by atoms with van der Waals surface area (Å²) in [5.41, 5.74) is 0. The predicted molar refractivity (Wildman–Crippen MR) is 65.1 cm³/mol. The molecule has 7 nitrogen and oxygen atoms in total. The highest BCUT2D eigenvalue weighted by atomic mass is 32.1. The Morgan fingerprint density at radius 3 is 2.59 bits per heavy atom. The molecule has 22 heavy (non-hydrogen) atoms. The highest BCUT2D eigenvalue weighted by Gasteiger charge is 2.42. The molecule has 0 saturated heterocycles. The summed E-state index contributed by atoms with van der Waals surface area (Å²) in [4.78, 5) is 30.3. The first-order chi connectivity index (χ1) is 10.4. The molecular formula is C11H8F3N4O3S+. The summed E-state index contributed by atoms with van der Waals surface area (Å²) in [5, 5.41) is 0. The zero-order chi connectivity index (χ0) is 16.2. The summed E-state index contributed by atoms with van der Waals surface area (Å²) in [6.45, 7) is -0.0344. The number of carbonyl (C=O) groups excluding carboxylic acids is 2. The average Bonchev–Trinajstić information content (AvgIpc) is 2.94. The molecule has 0 aliphatic rings. The van der Waals surface area contributed by atoms with E-state index in [0.29, 0.717) is 10.7 Å². The van der Waals surface area contributed by atoms with Crippen LogP contribution in [0.4, 0.5) is 13.2 Å². The molecule has 0 amide bonds. The highest BCUT2D eigenvalue weighted by Crippen LogP contribution is 2.17. The van der Waals surface area contributed by atoms with Crippen LogP contribution in [0.3, 0.4) is 0 Å². The van der Waals surface area contributed by atoms with Crippen LogP contribution in [0.5, 0.6) is 0 Å². The van der Waals surface area contributed by atoms with Crippen molar-refractivity contribution >= 4 is 23.5 Å². The van der Waals surface area contributed by atoms with Gasteiger partial charge in [0.1, 0.15) is 6.42 Å². The second kappa shape index (κ2) is 6.56. The van der Waals surface area contributed by atoms with Crippen LogP contribution in [0.2, 0.25) is 0 Å². The summed E-state index contributed by atoms with van der Waals surface area (Å²) in [6.07, 6.45) is -0.982. The van der Waals surface area contributed by atoms with Crippen LogP contribution < -0.4 is 4.68 Å². The summed E-state index contributed by atoms with van der Waals surface area (Å²) < 4.78 is 44.7. The van der Waals surface area contributed by atoms with Crippen LogP contribution in [0, 0.1) is 0 Å². The number of hydrogen-bond donors (Lipinski definition) is 0. The van der Waals surface area contributed by atoms with Gasteiger partial charge >= 0.3 is 18.1 Å². The lowest BCUT2D eigenvalue weighted by atomic mass is 10.4. The van der Waals surface area contributed by atoms with Crippen LogP contribution >= 0.6 is 11.5 Å². The monoisotopic (exact) mass is 333 g/mol. The predicted octanol–water partition coefficient (Wildman–Crippen LogP) is 0.910.